The molecule has 0 saturated heterocycles. The predicted molar refractivity (Wildman–Crippen MR) is 39.5 cm³/mol. The van der Waals surface area contributed by atoms with Crippen LogP contribution in [-0.2, 0) is 15.3 Å². The Hall–Kier alpha value is 0.110. The Bertz CT molecular complexity index is 83.1. The highest BCUT2D eigenvalue weighted by Gasteiger charge is 1.94. The smallest absolute Gasteiger partial charge is 0.155 e. The van der Waals surface area contributed by atoms with E-state index in [9.17, 15) is 4.21 Å². The lowest BCUT2D eigenvalue weighted by Crippen LogP contribution is -2.00. The fraction of sp³-hybridized carbons (Fsp3) is 1.00. The summed E-state index contributed by atoms with van der Waals surface area (Å²) in [4.78, 5) is 0. The number of unbranched alkanes of at least 4 members (excludes halogenated alkanes) is 1. The van der Waals surface area contributed by atoms with Crippen LogP contribution < -0.4 is 0 Å². The van der Waals surface area contributed by atoms with Crippen molar-refractivity contribution < 1.29 is 8.39 Å². The monoisotopic (exact) mass is 150 g/mol. The zero-order valence-electron chi connectivity index (χ0n) is 6.05. The molecule has 0 aliphatic carbocycles. The van der Waals surface area contributed by atoms with E-state index in [1.807, 2.05) is 6.92 Å². The van der Waals surface area contributed by atoms with E-state index in [0.29, 0.717) is 12.4 Å². The van der Waals surface area contributed by atoms with Crippen LogP contribution in [0.25, 0.3) is 0 Å². The summed E-state index contributed by atoms with van der Waals surface area (Å²) in [5.41, 5.74) is 0. The third kappa shape index (κ3) is 5.99. The minimum absolute atomic E-state index is 0.552. The van der Waals surface area contributed by atoms with Crippen molar-refractivity contribution in [2.24, 2.45) is 0 Å². The lowest BCUT2D eigenvalue weighted by Gasteiger charge is -1.96. The van der Waals surface area contributed by atoms with E-state index < -0.39 is 11.1 Å². The molecule has 0 bridgehead atoms. The van der Waals surface area contributed by atoms with Crippen LogP contribution >= 0.6 is 0 Å². The molecule has 9 heavy (non-hydrogen) atoms. The van der Waals surface area contributed by atoms with Crippen LogP contribution in [0.5, 0.6) is 0 Å². The first-order valence-electron chi connectivity index (χ1n) is 3.32. The van der Waals surface area contributed by atoms with Crippen LogP contribution in [0.4, 0.5) is 0 Å². The van der Waals surface area contributed by atoms with Crippen molar-refractivity contribution in [1.82, 2.24) is 0 Å². The second kappa shape index (κ2) is 6.23. The standard InChI is InChI=1S/C6H14O2S/c1-3-5-6-9(7)8-4-2/h3-6H2,1-2H3/t9-/m1/s1. The van der Waals surface area contributed by atoms with E-state index in [0.717, 1.165) is 12.8 Å². The second-order valence-electron chi connectivity index (χ2n) is 1.77. The Balaban J connectivity index is 3.06. The van der Waals surface area contributed by atoms with Gasteiger partial charge in [0, 0.05) is 5.75 Å². The van der Waals surface area contributed by atoms with Crippen LogP contribution in [0.3, 0.4) is 0 Å². The summed E-state index contributed by atoms with van der Waals surface area (Å²) in [6.07, 6.45) is 2.07. The maximum atomic E-state index is 10.7. The van der Waals surface area contributed by atoms with Crippen molar-refractivity contribution in [2.45, 2.75) is 26.7 Å². The minimum Gasteiger partial charge on any atom is -0.291 e. The SMILES string of the molecule is CCCC[S@](=O)OCC. The summed E-state index contributed by atoms with van der Waals surface area (Å²) in [7, 11) is 0. The molecule has 0 aliphatic rings. The molecule has 0 spiro atoms. The van der Waals surface area contributed by atoms with Gasteiger partial charge in [0.2, 0.25) is 0 Å². The van der Waals surface area contributed by atoms with Crippen LogP contribution in [0.2, 0.25) is 0 Å². The molecule has 0 rings (SSSR count). The molecule has 0 unspecified atom stereocenters. The number of hydrogen-bond acceptors (Lipinski definition) is 2. The molecule has 2 nitrogen and oxygen atoms in total. The van der Waals surface area contributed by atoms with Gasteiger partial charge in [0.15, 0.2) is 11.1 Å². The van der Waals surface area contributed by atoms with E-state index in [4.69, 9.17) is 4.18 Å². The fourth-order valence-electron chi connectivity index (χ4n) is 0.453. The minimum atomic E-state index is -1.02. The van der Waals surface area contributed by atoms with Crippen molar-refractivity contribution in [3.63, 3.8) is 0 Å². The van der Waals surface area contributed by atoms with Crippen molar-refractivity contribution in [3.05, 3.63) is 0 Å². The highest BCUT2D eigenvalue weighted by atomic mass is 32.2. The van der Waals surface area contributed by atoms with Gasteiger partial charge in [-0.25, -0.2) is 4.21 Å². The molecule has 0 amide bonds. The molecule has 3 heteroatoms. The number of hydrogen-bond donors (Lipinski definition) is 0. The van der Waals surface area contributed by atoms with Crippen molar-refractivity contribution in [1.29, 1.82) is 0 Å². The fourth-order valence-corrected chi connectivity index (χ4v) is 1.36. The Morgan fingerprint density at radius 2 is 2.11 bits per heavy atom. The average Bonchev–Trinajstić information content (AvgIpc) is 1.85. The van der Waals surface area contributed by atoms with E-state index in [-0.39, 0.29) is 0 Å². The lowest BCUT2D eigenvalue weighted by molar-refractivity contribution is 0.371. The van der Waals surface area contributed by atoms with Gasteiger partial charge in [-0.15, -0.1) is 0 Å². The Labute approximate surface area is 59.3 Å². The Morgan fingerprint density at radius 1 is 1.44 bits per heavy atom. The summed E-state index contributed by atoms with van der Waals surface area (Å²) >= 11 is -1.02. The van der Waals surface area contributed by atoms with E-state index >= 15 is 0 Å². The van der Waals surface area contributed by atoms with Crippen molar-refractivity contribution >= 4 is 11.1 Å². The van der Waals surface area contributed by atoms with Gasteiger partial charge in [-0.2, -0.15) is 0 Å². The molecule has 56 valence electrons. The molecule has 0 N–H and O–H groups in total. The molecule has 1 atom stereocenters. The molecule has 0 aromatic heterocycles. The van der Waals surface area contributed by atoms with Gasteiger partial charge in [0.05, 0.1) is 6.61 Å². The summed E-state index contributed by atoms with van der Waals surface area (Å²) in [6.45, 7) is 4.48. The molecular weight excluding hydrogens is 136 g/mol. The third-order valence-electron chi connectivity index (χ3n) is 0.914. The van der Waals surface area contributed by atoms with Gasteiger partial charge in [-0.1, -0.05) is 13.3 Å². The highest BCUT2D eigenvalue weighted by Crippen LogP contribution is 1.92. The van der Waals surface area contributed by atoms with Gasteiger partial charge in [-0.05, 0) is 13.3 Å². The van der Waals surface area contributed by atoms with Crippen LogP contribution in [0.15, 0.2) is 0 Å². The summed E-state index contributed by atoms with van der Waals surface area (Å²) < 4.78 is 15.5. The first-order chi connectivity index (χ1) is 4.31. The van der Waals surface area contributed by atoms with E-state index in [1.54, 1.807) is 0 Å². The first-order valence-corrected chi connectivity index (χ1v) is 4.57. The normalized spacial score (nSPS) is 13.6. The average molecular weight is 150 g/mol. The Kier molecular flexibility index (Phi) is 6.31. The highest BCUT2D eigenvalue weighted by molar-refractivity contribution is 7.80. The van der Waals surface area contributed by atoms with E-state index in [1.165, 1.54) is 0 Å². The molecule has 0 aromatic rings. The molecular formula is C6H14O2S. The molecule has 0 aromatic carbocycles. The van der Waals surface area contributed by atoms with Crippen molar-refractivity contribution in [3.8, 4) is 0 Å². The summed E-state index contributed by atoms with van der Waals surface area (Å²) in [6, 6.07) is 0. The zero-order chi connectivity index (χ0) is 7.11. The van der Waals surface area contributed by atoms with Crippen LogP contribution in [-0.4, -0.2) is 16.6 Å². The quantitative estimate of drug-likeness (QED) is 0.593. The Morgan fingerprint density at radius 3 is 2.56 bits per heavy atom. The topological polar surface area (TPSA) is 26.3 Å². The molecule has 0 radical (unpaired) electrons. The predicted octanol–water partition coefficient (Wildman–Crippen LogP) is 1.49. The first kappa shape index (κ1) is 9.11. The molecule has 0 saturated carbocycles. The van der Waals surface area contributed by atoms with Gasteiger partial charge in [-0.3, -0.25) is 4.18 Å². The summed E-state index contributed by atoms with van der Waals surface area (Å²) in [5, 5.41) is 0. The van der Waals surface area contributed by atoms with Gasteiger partial charge in [0.25, 0.3) is 0 Å². The van der Waals surface area contributed by atoms with Gasteiger partial charge < -0.3 is 0 Å². The third-order valence-corrected chi connectivity index (χ3v) is 2.03. The largest absolute Gasteiger partial charge is 0.291 e. The maximum absolute atomic E-state index is 10.7. The van der Waals surface area contributed by atoms with Crippen molar-refractivity contribution in [2.75, 3.05) is 12.4 Å². The van der Waals surface area contributed by atoms with Crippen LogP contribution in [0, 0.1) is 0 Å². The second-order valence-corrected chi connectivity index (χ2v) is 3.02. The lowest BCUT2D eigenvalue weighted by atomic mass is 10.4. The number of rotatable bonds is 5. The van der Waals surface area contributed by atoms with E-state index in [2.05, 4.69) is 6.92 Å². The molecule has 0 fully saturated rings. The molecule has 0 aliphatic heterocycles. The van der Waals surface area contributed by atoms with Gasteiger partial charge in [0.1, 0.15) is 0 Å². The van der Waals surface area contributed by atoms with Gasteiger partial charge >= 0.3 is 0 Å². The maximum Gasteiger partial charge on any atom is 0.155 e. The zero-order valence-corrected chi connectivity index (χ0v) is 6.87. The molecule has 0 heterocycles. The summed E-state index contributed by atoms with van der Waals surface area (Å²) in [5.74, 6) is 0.685. The van der Waals surface area contributed by atoms with Crippen LogP contribution in [0.1, 0.15) is 26.7 Å².